The standard InChI is InChI=1S/C17H22F3N3O4/c1-9(2)12-7-14(23-22-12)16(26)21-13(8-15(24)25)10-3-5-11(6-4-10)27-17(18,19)20/h3-6,9,12-14,22-23H,7-8H2,1-2H3,(H,21,26)(H,24,25). The van der Waals surface area contributed by atoms with Gasteiger partial charge in [-0.2, -0.15) is 0 Å². The highest BCUT2D eigenvalue weighted by atomic mass is 19.4. The number of halogens is 3. The number of ether oxygens (including phenoxy) is 1. The number of hydrogen-bond donors (Lipinski definition) is 4. The lowest BCUT2D eigenvalue weighted by molar-refractivity contribution is -0.274. The third-order valence-electron chi connectivity index (χ3n) is 4.27. The van der Waals surface area contributed by atoms with Crippen molar-refractivity contribution in [2.75, 3.05) is 0 Å². The van der Waals surface area contributed by atoms with Crippen LogP contribution in [0.25, 0.3) is 0 Å². The zero-order valence-corrected chi connectivity index (χ0v) is 14.8. The highest BCUT2D eigenvalue weighted by molar-refractivity contribution is 5.83. The third-order valence-corrected chi connectivity index (χ3v) is 4.27. The summed E-state index contributed by atoms with van der Waals surface area (Å²) in [6, 6.07) is 3.45. The Bertz CT molecular complexity index is 664. The molecule has 1 amide bonds. The number of carbonyl (C=O) groups is 2. The van der Waals surface area contributed by atoms with Crippen LogP contribution in [0.4, 0.5) is 13.2 Å². The van der Waals surface area contributed by atoms with Crippen LogP contribution in [0.1, 0.15) is 38.3 Å². The number of aliphatic carboxylic acids is 1. The largest absolute Gasteiger partial charge is 0.573 e. The molecule has 3 atom stereocenters. The average molecular weight is 389 g/mol. The number of alkyl halides is 3. The van der Waals surface area contributed by atoms with E-state index in [4.69, 9.17) is 5.11 Å². The second-order valence-corrected chi connectivity index (χ2v) is 6.70. The number of amides is 1. The topological polar surface area (TPSA) is 99.7 Å². The summed E-state index contributed by atoms with van der Waals surface area (Å²) in [5, 5.41) is 11.7. The van der Waals surface area contributed by atoms with Crippen LogP contribution in [0, 0.1) is 5.92 Å². The van der Waals surface area contributed by atoms with Gasteiger partial charge in [0.25, 0.3) is 0 Å². The lowest BCUT2D eigenvalue weighted by atomic mass is 9.98. The number of hydrogen-bond acceptors (Lipinski definition) is 5. The normalized spacial score (nSPS) is 21.1. The molecule has 2 rings (SSSR count). The first-order chi connectivity index (χ1) is 12.5. The van der Waals surface area contributed by atoms with Crippen LogP contribution in [0.3, 0.4) is 0 Å². The number of benzene rings is 1. The highest BCUT2D eigenvalue weighted by Crippen LogP contribution is 2.26. The van der Waals surface area contributed by atoms with Gasteiger partial charge in [0, 0.05) is 6.04 Å². The Hall–Kier alpha value is -2.33. The van der Waals surface area contributed by atoms with Crippen LogP contribution in [0.15, 0.2) is 24.3 Å². The molecule has 3 unspecified atom stereocenters. The molecule has 4 N–H and O–H groups in total. The highest BCUT2D eigenvalue weighted by Gasteiger charge is 2.33. The van der Waals surface area contributed by atoms with Crippen molar-refractivity contribution in [2.45, 2.75) is 51.2 Å². The van der Waals surface area contributed by atoms with Gasteiger partial charge in [-0.15, -0.1) is 13.2 Å². The molecule has 1 heterocycles. The van der Waals surface area contributed by atoms with E-state index in [2.05, 4.69) is 20.9 Å². The van der Waals surface area contributed by atoms with Crippen LogP contribution in [-0.2, 0) is 9.59 Å². The Morgan fingerprint density at radius 3 is 2.37 bits per heavy atom. The van der Waals surface area contributed by atoms with Gasteiger partial charge in [-0.1, -0.05) is 26.0 Å². The summed E-state index contributed by atoms with van der Waals surface area (Å²) in [4.78, 5) is 23.6. The van der Waals surface area contributed by atoms with Gasteiger partial charge in [-0.25, -0.2) is 5.43 Å². The van der Waals surface area contributed by atoms with Gasteiger partial charge in [0.05, 0.1) is 12.5 Å². The molecule has 7 nitrogen and oxygen atoms in total. The monoisotopic (exact) mass is 389 g/mol. The molecule has 150 valence electrons. The zero-order valence-electron chi connectivity index (χ0n) is 14.8. The van der Waals surface area contributed by atoms with E-state index in [1.54, 1.807) is 0 Å². The van der Waals surface area contributed by atoms with E-state index in [0.29, 0.717) is 17.9 Å². The maximum atomic E-state index is 12.5. The second kappa shape index (κ2) is 8.57. The van der Waals surface area contributed by atoms with Crippen molar-refractivity contribution in [3.05, 3.63) is 29.8 Å². The summed E-state index contributed by atoms with van der Waals surface area (Å²) < 4.78 is 40.5. The van der Waals surface area contributed by atoms with Crippen molar-refractivity contribution in [2.24, 2.45) is 5.92 Å². The second-order valence-electron chi connectivity index (χ2n) is 6.70. The van der Waals surface area contributed by atoms with Gasteiger partial charge in [0.1, 0.15) is 11.8 Å². The van der Waals surface area contributed by atoms with Crippen molar-refractivity contribution in [1.29, 1.82) is 0 Å². The molecule has 1 aromatic carbocycles. The van der Waals surface area contributed by atoms with Crippen molar-refractivity contribution in [3.8, 4) is 5.75 Å². The van der Waals surface area contributed by atoms with Gasteiger partial charge >= 0.3 is 12.3 Å². The number of carbonyl (C=O) groups excluding carboxylic acids is 1. The van der Waals surface area contributed by atoms with Crippen LogP contribution in [0.5, 0.6) is 5.75 Å². The van der Waals surface area contributed by atoms with Crippen molar-refractivity contribution in [1.82, 2.24) is 16.2 Å². The number of carboxylic acid groups (broad SMARTS) is 1. The number of nitrogens with one attached hydrogen (secondary N) is 3. The molecule has 0 bridgehead atoms. The molecule has 1 fully saturated rings. The first kappa shape index (κ1) is 21.0. The Kier molecular flexibility index (Phi) is 6.66. The molecule has 0 saturated carbocycles. The van der Waals surface area contributed by atoms with Gasteiger partial charge in [0.2, 0.25) is 5.91 Å². The molecule has 10 heteroatoms. The maximum Gasteiger partial charge on any atom is 0.573 e. The van der Waals surface area contributed by atoms with Gasteiger partial charge < -0.3 is 15.2 Å². The lowest BCUT2D eigenvalue weighted by Gasteiger charge is -2.20. The van der Waals surface area contributed by atoms with Crippen LogP contribution in [0.2, 0.25) is 0 Å². The Labute approximate surface area is 154 Å². The number of rotatable bonds is 7. The van der Waals surface area contributed by atoms with Gasteiger partial charge in [-0.05, 0) is 30.0 Å². The van der Waals surface area contributed by atoms with E-state index < -0.39 is 36.6 Å². The summed E-state index contributed by atoms with van der Waals surface area (Å²) in [6.45, 7) is 4.02. The minimum absolute atomic E-state index is 0.109. The molecule has 0 aromatic heterocycles. The number of carboxylic acids is 1. The van der Waals surface area contributed by atoms with Crippen LogP contribution >= 0.6 is 0 Å². The summed E-state index contributed by atoms with van der Waals surface area (Å²) >= 11 is 0. The van der Waals surface area contributed by atoms with E-state index in [9.17, 15) is 22.8 Å². The quantitative estimate of drug-likeness (QED) is 0.570. The summed E-state index contributed by atoms with van der Waals surface area (Å²) in [5.74, 6) is -1.64. The van der Waals surface area contributed by atoms with E-state index >= 15 is 0 Å². The third kappa shape index (κ3) is 6.40. The first-order valence-electron chi connectivity index (χ1n) is 8.44. The van der Waals surface area contributed by atoms with Crippen molar-refractivity contribution in [3.63, 3.8) is 0 Å². The predicted molar refractivity (Wildman–Crippen MR) is 89.6 cm³/mol. The Balaban J connectivity index is 2.06. The molecule has 1 aliphatic heterocycles. The van der Waals surface area contributed by atoms with Crippen LogP contribution in [-0.4, -0.2) is 35.4 Å². The van der Waals surface area contributed by atoms with Gasteiger partial charge in [-0.3, -0.25) is 15.0 Å². The summed E-state index contributed by atoms with van der Waals surface area (Å²) in [7, 11) is 0. The minimum Gasteiger partial charge on any atom is -0.481 e. The van der Waals surface area contributed by atoms with E-state index in [0.717, 1.165) is 12.1 Å². The van der Waals surface area contributed by atoms with Crippen molar-refractivity contribution >= 4 is 11.9 Å². The summed E-state index contributed by atoms with van der Waals surface area (Å²) in [5.41, 5.74) is 6.27. The molecule has 1 aliphatic rings. The fourth-order valence-corrected chi connectivity index (χ4v) is 2.79. The predicted octanol–water partition coefficient (Wildman–Crippen LogP) is 2.11. The Morgan fingerprint density at radius 2 is 1.89 bits per heavy atom. The fourth-order valence-electron chi connectivity index (χ4n) is 2.79. The van der Waals surface area contributed by atoms with E-state index in [1.165, 1.54) is 12.1 Å². The summed E-state index contributed by atoms with van der Waals surface area (Å²) in [6.07, 6.45) is -4.68. The average Bonchev–Trinajstić information content (AvgIpc) is 3.03. The molecule has 0 aliphatic carbocycles. The molecule has 0 radical (unpaired) electrons. The minimum atomic E-state index is -4.82. The van der Waals surface area contributed by atoms with Gasteiger partial charge in [0.15, 0.2) is 0 Å². The smallest absolute Gasteiger partial charge is 0.481 e. The first-order valence-corrected chi connectivity index (χ1v) is 8.44. The van der Waals surface area contributed by atoms with Crippen LogP contribution < -0.4 is 20.9 Å². The molecular weight excluding hydrogens is 367 g/mol. The van der Waals surface area contributed by atoms with E-state index in [-0.39, 0.29) is 11.9 Å². The van der Waals surface area contributed by atoms with Crippen molar-refractivity contribution < 1.29 is 32.6 Å². The number of hydrazine groups is 1. The van der Waals surface area contributed by atoms with E-state index in [1.807, 2.05) is 13.8 Å². The molecule has 1 saturated heterocycles. The molecular formula is C17H22F3N3O4. The fraction of sp³-hybridized carbons (Fsp3) is 0.529. The molecule has 1 aromatic rings. The SMILES string of the molecule is CC(C)C1CC(C(=O)NC(CC(=O)O)c2ccc(OC(F)(F)F)cc2)NN1. The maximum absolute atomic E-state index is 12.5. The molecule has 27 heavy (non-hydrogen) atoms. The molecule has 0 spiro atoms. The Morgan fingerprint density at radius 1 is 1.26 bits per heavy atom. The lowest BCUT2D eigenvalue weighted by Crippen LogP contribution is -2.45. The zero-order chi connectivity index (χ0) is 20.2.